The molecule has 24 heavy (non-hydrogen) atoms. The van der Waals surface area contributed by atoms with Crippen LogP contribution >= 0.6 is 0 Å². The SMILES string of the molecule is O=C(c1c[nH]cc1Cc1ccccc1)N1CCCn2nncc2C1. The summed E-state index contributed by atoms with van der Waals surface area (Å²) in [6.45, 7) is 2.10. The fourth-order valence-corrected chi connectivity index (χ4v) is 3.18. The summed E-state index contributed by atoms with van der Waals surface area (Å²) in [4.78, 5) is 18.0. The molecule has 1 aliphatic rings. The minimum absolute atomic E-state index is 0.0665. The number of aryl methyl sites for hydroxylation is 1. The van der Waals surface area contributed by atoms with E-state index in [1.165, 1.54) is 5.56 Å². The zero-order chi connectivity index (χ0) is 16.4. The van der Waals surface area contributed by atoms with Crippen LogP contribution in [0, 0.1) is 0 Å². The van der Waals surface area contributed by atoms with Gasteiger partial charge in [-0.1, -0.05) is 35.5 Å². The van der Waals surface area contributed by atoms with Crippen molar-refractivity contribution in [2.45, 2.75) is 25.9 Å². The molecule has 0 saturated heterocycles. The Morgan fingerprint density at radius 3 is 2.92 bits per heavy atom. The van der Waals surface area contributed by atoms with Gasteiger partial charge in [-0.05, 0) is 24.0 Å². The first-order valence-corrected chi connectivity index (χ1v) is 8.17. The van der Waals surface area contributed by atoms with Crippen molar-refractivity contribution in [3.63, 3.8) is 0 Å². The molecule has 1 aromatic carbocycles. The highest BCUT2D eigenvalue weighted by molar-refractivity contribution is 5.95. The van der Waals surface area contributed by atoms with Crippen LogP contribution in [0.1, 0.15) is 33.6 Å². The van der Waals surface area contributed by atoms with Gasteiger partial charge in [-0.15, -0.1) is 5.10 Å². The van der Waals surface area contributed by atoms with Crippen molar-refractivity contribution < 1.29 is 4.79 Å². The number of aromatic nitrogens is 4. The zero-order valence-electron chi connectivity index (χ0n) is 13.4. The molecule has 2 aromatic heterocycles. The number of hydrogen-bond donors (Lipinski definition) is 1. The highest BCUT2D eigenvalue weighted by atomic mass is 16.2. The fourth-order valence-electron chi connectivity index (χ4n) is 3.18. The molecule has 0 saturated carbocycles. The molecule has 0 atom stereocenters. The molecule has 122 valence electrons. The largest absolute Gasteiger partial charge is 0.367 e. The fraction of sp³-hybridized carbons (Fsp3) is 0.278. The van der Waals surface area contributed by atoms with Crippen molar-refractivity contribution in [2.24, 2.45) is 0 Å². The van der Waals surface area contributed by atoms with Crippen molar-refractivity contribution >= 4 is 5.91 Å². The molecule has 6 heteroatoms. The lowest BCUT2D eigenvalue weighted by atomic mass is 10.0. The Morgan fingerprint density at radius 2 is 2.04 bits per heavy atom. The minimum Gasteiger partial charge on any atom is -0.367 e. The van der Waals surface area contributed by atoms with E-state index in [0.29, 0.717) is 6.54 Å². The van der Waals surface area contributed by atoms with Gasteiger partial charge in [0.05, 0.1) is 24.0 Å². The summed E-state index contributed by atoms with van der Waals surface area (Å²) >= 11 is 0. The summed E-state index contributed by atoms with van der Waals surface area (Å²) in [5.74, 6) is 0.0665. The average Bonchev–Trinajstić information content (AvgIpc) is 3.20. The number of fused-ring (bicyclic) bond motifs is 1. The van der Waals surface area contributed by atoms with Crippen LogP contribution in [-0.2, 0) is 19.5 Å². The van der Waals surface area contributed by atoms with Gasteiger partial charge in [0, 0.05) is 25.5 Å². The van der Waals surface area contributed by atoms with Gasteiger partial charge < -0.3 is 9.88 Å². The first-order valence-electron chi connectivity index (χ1n) is 8.17. The lowest BCUT2D eigenvalue weighted by Gasteiger charge is -2.20. The second-order valence-electron chi connectivity index (χ2n) is 6.09. The molecule has 4 rings (SSSR count). The van der Waals surface area contributed by atoms with E-state index in [2.05, 4.69) is 27.4 Å². The highest BCUT2D eigenvalue weighted by Gasteiger charge is 2.23. The molecule has 3 heterocycles. The van der Waals surface area contributed by atoms with Crippen LogP contribution in [0.25, 0.3) is 0 Å². The number of nitrogens with zero attached hydrogens (tertiary/aromatic N) is 4. The van der Waals surface area contributed by atoms with Crippen molar-refractivity contribution in [3.8, 4) is 0 Å². The quantitative estimate of drug-likeness (QED) is 0.804. The number of amides is 1. The monoisotopic (exact) mass is 321 g/mol. The molecule has 0 unspecified atom stereocenters. The van der Waals surface area contributed by atoms with E-state index in [1.54, 1.807) is 12.4 Å². The normalized spacial score (nSPS) is 14.2. The molecular formula is C18H19N5O. The lowest BCUT2D eigenvalue weighted by Crippen LogP contribution is -2.31. The number of carbonyl (C=O) groups is 1. The molecule has 3 aromatic rings. The topological polar surface area (TPSA) is 66.8 Å². The Hall–Kier alpha value is -2.89. The Morgan fingerprint density at radius 1 is 1.17 bits per heavy atom. The third-order valence-corrected chi connectivity index (χ3v) is 4.43. The van der Waals surface area contributed by atoms with Crippen LogP contribution in [0.5, 0.6) is 0 Å². The van der Waals surface area contributed by atoms with Crippen molar-refractivity contribution in [1.29, 1.82) is 0 Å². The van der Waals surface area contributed by atoms with Crippen LogP contribution in [0.3, 0.4) is 0 Å². The Balaban J connectivity index is 1.56. The van der Waals surface area contributed by atoms with E-state index >= 15 is 0 Å². The first kappa shape index (κ1) is 14.7. The summed E-state index contributed by atoms with van der Waals surface area (Å²) in [6, 6.07) is 10.2. The predicted molar refractivity (Wildman–Crippen MR) is 89.4 cm³/mol. The van der Waals surface area contributed by atoms with Gasteiger partial charge in [0.25, 0.3) is 5.91 Å². The third kappa shape index (κ3) is 2.82. The molecule has 0 fully saturated rings. The van der Waals surface area contributed by atoms with Gasteiger partial charge >= 0.3 is 0 Å². The smallest absolute Gasteiger partial charge is 0.256 e. The van der Waals surface area contributed by atoms with Gasteiger partial charge in [0.15, 0.2) is 0 Å². The van der Waals surface area contributed by atoms with E-state index in [4.69, 9.17) is 0 Å². The summed E-state index contributed by atoms with van der Waals surface area (Å²) < 4.78 is 1.88. The molecule has 1 aliphatic heterocycles. The van der Waals surface area contributed by atoms with E-state index in [9.17, 15) is 4.79 Å². The van der Waals surface area contributed by atoms with Crippen LogP contribution in [0.15, 0.2) is 48.9 Å². The molecule has 1 N–H and O–H groups in total. The number of nitrogens with one attached hydrogen (secondary N) is 1. The number of H-pyrrole nitrogens is 1. The second-order valence-corrected chi connectivity index (χ2v) is 6.09. The molecular weight excluding hydrogens is 302 g/mol. The Labute approximate surface area is 140 Å². The second kappa shape index (κ2) is 6.31. The maximum atomic E-state index is 13.0. The lowest BCUT2D eigenvalue weighted by molar-refractivity contribution is 0.0745. The van der Waals surface area contributed by atoms with Crippen molar-refractivity contribution in [2.75, 3.05) is 6.54 Å². The standard InChI is InChI=1S/C18H19N5O/c24-18(22-7-4-8-23-16(13-22)11-20-21-23)17-12-19-10-15(17)9-14-5-2-1-3-6-14/h1-3,5-6,10-12,19H,4,7-9,13H2. The number of benzene rings is 1. The van der Waals surface area contributed by atoms with Crippen molar-refractivity contribution in [1.82, 2.24) is 24.9 Å². The summed E-state index contributed by atoms with van der Waals surface area (Å²) in [5.41, 5.74) is 3.96. The average molecular weight is 321 g/mol. The first-order chi connectivity index (χ1) is 11.8. The van der Waals surface area contributed by atoms with Crippen LogP contribution in [0.2, 0.25) is 0 Å². The molecule has 0 spiro atoms. The summed E-state index contributed by atoms with van der Waals surface area (Å²) in [7, 11) is 0. The van der Waals surface area contributed by atoms with Gasteiger partial charge in [0.2, 0.25) is 0 Å². The molecule has 1 amide bonds. The van der Waals surface area contributed by atoms with Crippen molar-refractivity contribution in [3.05, 3.63) is 71.3 Å². The maximum Gasteiger partial charge on any atom is 0.256 e. The minimum atomic E-state index is 0.0665. The number of hydrogen-bond acceptors (Lipinski definition) is 3. The van der Waals surface area contributed by atoms with Crippen LogP contribution < -0.4 is 0 Å². The number of carbonyl (C=O) groups excluding carboxylic acids is 1. The highest BCUT2D eigenvalue weighted by Crippen LogP contribution is 2.19. The molecule has 6 nitrogen and oxygen atoms in total. The Kier molecular flexibility index (Phi) is 3.86. The van der Waals surface area contributed by atoms with E-state index in [0.717, 1.165) is 42.8 Å². The number of aromatic amines is 1. The van der Waals surface area contributed by atoms with E-state index in [-0.39, 0.29) is 5.91 Å². The van der Waals surface area contributed by atoms with Crippen LogP contribution in [0.4, 0.5) is 0 Å². The van der Waals surface area contributed by atoms with Gasteiger partial charge in [-0.25, -0.2) is 4.68 Å². The number of rotatable bonds is 3. The zero-order valence-corrected chi connectivity index (χ0v) is 13.4. The predicted octanol–water partition coefficient (Wildman–Crippen LogP) is 2.24. The van der Waals surface area contributed by atoms with Crippen LogP contribution in [-0.4, -0.2) is 37.3 Å². The van der Waals surface area contributed by atoms with Gasteiger partial charge in [0.1, 0.15) is 0 Å². The summed E-state index contributed by atoms with van der Waals surface area (Å²) in [5, 5.41) is 8.01. The summed E-state index contributed by atoms with van der Waals surface area (Å²) in [6.07, 6.45) is 7.11. The third-order valence-electron chi connectivity index (χ3n) is 4.43. The van der Waals surface area contributed by atoms with E-state index < -0.39 is 0 Å². The van der Waals surface area contributed by atoms with Gasteiger partial charge in [-0.3, -0.25) is 4.79 Å². The Bertz CT molecular complexity index is 836. The molecule has 0 bridgehead atoms. The molecule has 0 aliphatic carbocycles. The van der Waals surface area contributed by atoms with E-state index in [1.807, 2.05) is 34.0 Å². The maximum absolute atomic E-state index is 13.0. The van der Waals surface area contributed by atoms with Gasteiger partial charge in [-0.2, -0.15) is 0 Å². The molecule has 0 radical (unpaired) electrons.